The lowest BCUT2D eigenvalue weighted by atomic mass is 10.0. The number of halogens is 3. The molecule has 0 unspecified atom stereocenters. The Morgan fingerprint density at radius 2 is 1.71 bits per heavy atom. The SMILES string of the molecule is Cc1nn2c(-c3c(CO)nn(C)c3-c3ccc(C(F)(F)F)cc3)nc(CO)c2c(=O)[nH]1. The van der Waals surface area contributed by atoms with Crippen molar-refractivity contribution in [3.63, 3.8) is 0 Å². The van der Waals surface area contributed by atoms with Gasteiger partial charge < -0.3 is 15.2 Å². The molecule has 4 aromatic rings. The van der Waals surface area contributed by atoms with E-state index in [9.17, 15) is 28.2 Å². The van der Waals surface area contributed by atoms with Crippen molar-refractivity contribution >= 4 is 5.52 Å². The third-order valence-corrected chi connectivity index (χ3v) is 4.81. The smallest absolute Gasteiger partial charge is 0.390 e. The molecule has 0 saturated heterocycles. The lowest BCUT2D eigenvalue weighted by molar-refractivity contribution is -0.137. The number of rotatable bonds is 4. The van der Waals surface area contributed by atoms with Gasteiger partial charge in [-0.3, -0.25) is 9.48 Å². The van der Waals surface area contributed by atoms with Crippen molar-refractivity contribution in [1.82, 2.24) is 29.4 Å². The Balaban J connectivity index is 2.02. The zero-order valence-corrected chi connectivity index (χ0v) is 16.4. The van der Waals surface area contributed by atoms with Gasteiger partial charge in [-0.05, 0) is 19.1 Å². The molecule has 0 aliphatic rings. The minimum atomic E-state index is -4.48. The van der Waals surface area contributed by atoms with Crippen molar-refractivity contribution < 1.29 is 23.4 Å². The molecule has 0 radical (unpaired) electrons. The summed E-state index contributed by atoms with van der Waals surface area (Å²) in [5.74, 6) is 0.409. The maximum Gasteiger partial charge on any atom is 0.416 e. The Morgan fingerprint density at radius 1 is 1.06 bits per heavy atom. The van der Waals surface area contributed by atoms with Crippen molar-refractivity contribution in [2.75, 3.05) is 0 Å². The Morgan fingerprint density at radius 3 is 2.29 bits per heavy atom. The number of imidazole rings is 1. The minimum absolute atomic E-state index is 0.0224. The van der Waals surface area contributed by atoms with E-state index in [1.165, 1.54) is 21.3 Å². The van der Waals surface area contributed by atoms with Gasteiger partial charge in [-0.2, -0.15) is 23.4 Å². The van der Waals surface area contributed by atoms with Gasteiger partial charge in [-0.1, -0.05) is 12.1 Å². The predicted molar refractivity (Wildman–Crippen MR) is 103 cm³/mol. The first kappa shape index (κ1) is 20.8. The first-order valence-corrected chi connectivity index (χ1v) is 9.09. The molecule has 162 valence electrons. The fourth-order valence-electron chi connectivity index (χ4n) is 3.52. The van der Waals surface area contributed by atoms with Crippen molar-refractivity contribution in [3.05, 3.63) is 57.4 Å². The summed E-state index contributed by atoms with van der Waals surface area (Å²) in [6.07, 6.45) is -4.48. The molecule has 3 aromatic heterocycles. The van der Waals surface area contributed by atoms with E-state index in [4.69, 9.17) is 0 Å². The predicted octanol–water partition coefficient (Wildman–Crippen LogP) is 1.80. The van der Waals surface area contributed by atoms with Crippen molar-refractivity contribution in [3.8, 4) is 22.6 Å². The van der Waals surface area contributed by atoms with Crippen LogP contribution < -0.4 is 5.56 Å². The zero-order chi connectivity index (χ0) is 22.5. The third kappa shape index (κ3) is 3.39. The second-order valence-electron chi connectivity index (χ2n) is 6.87. The van der Waals surface area contributed by atoms with Crippen LogP contribution in [0.25, 0.3) is 28.2 Å². The maximum atomic E-state index is 13.0. The molecule has 4 rings (SSSR count). The molecule has 9 nitrogen and oxygen atoms in total. The van der Waals surface area contributed by atoms with Crippen LogP contribution in [-0.2, 0) is 26.4 Å². The van der Waals surface area contributed by atoms with Crippen LogP contribution >= 0.6 is 0 Å². The number of hydrogen-bond donors (Lipinski definition) is 3. The normalized spacial score (nSPS) is 12.1. The van der Waals surface area contributed by atoms with Gasteiger partial charge in [-0.25, -0.2) is 9.50 Å². The zero-order valence-electron chi connectivity index (χ0n) is 16.4. The fourth-order valence-corrected chi connectivity index (χ4v) is 3.52. The lowest BCUT2D eigenvalue weighted by Crippen LogP contribution is -2.15. The number of aliphatic hydroxyl groups excluding tert-OH is 2. The molecule has 3 N–H and O–H groups in total. The van der Waals surface area contributed by atoms with Gasteiger partial charge in [0.1, 0.15) is 5.82 Å². The standard InChI is InChI=1S/C19H17F3N6O3/c1-9-23-18(31)16-13(8-30)24-17(28(16)25-9)14-12(7-29)26-27(2)15(14)10-3-5-11(6-4-10)19(20,21)22/h3-6,29-30H,7-8H2,1-2H3,(H,23,25,31). The summed E-state index contributed by atoms with van der Waals surface area (Å²) in [6.45, 7) is 0.535. The molecule has 0 atom stereocenters. The molecule has 0 aliphatic heterocycles. The van der Waals surface area contributed by atoms with E-state index in [0.717, 1.165) is 12.1 Å². The molecule has 0 saturated carbocycles. The van der Waals surface area contributed by atoms with E-state index in [2.05, 4.69) is 20.2 Å². The van der Waals surface area contributed by atoms with Crippen LogP contribution in [0.2, 0.25) is 0 Å². The van der Waals surface area contributed by atoms with Crippen LogP contribution in [0.3, 0.4) is 0 Å². The Bertz CT molecular complexity index is 1340. The molecule has 0 fully saturated rings. The number of nitrogens with zero attached hydrogens (tertiary/aromatic N) is 5. The Labute approximate surface area is 172 Å². The van der Waals surface area contributed by atoms with E-state index in [1.807, 2.05) is 0 Å². The van der Waals surface area contributed by atoms with Crippen LogP contribution in [0, 0.1) is 6.92 Å². The van der Waals surface area contributed by atoms with Gasteiger partial charge in [0.25, 0.3) is 5.56 Å². The lowest BCUT2D eigenvalue weighted by Gasteiger charge is -2.10. The van der Waals surface area contributed by atoms with E-state index in [1.54, 1.807) is 14.0 Å². The van der Waals surface area contributed by atoms with E-state index in [-0.39, 0.29) is 34.1 Å². The number of benzene rings is 1. The van der Waals surface area contributed by atoms with Crippen LogP contribution in [0.1, 0.15) is 22.8 Å². The second kappa shape index (κ2) is 7.32. The molecular formula is C19H17F3N6O3. The fraction of sp³-hybridized carbons (Fsp3) is 0.263. The first-order valence-electron chi connectivity index (χ1n) is 9.09. The van der Waals surface area contributed by atoms with Crippen LogP contribution in [0.4, 0.5) is 13.2 Å². The maximum absolute atomic E-state index is 13.0. The highest BCUT2D eigenvalue weighted by Crippen LogP contribution is 2.36. The van der Waals surface area contributed by atoms with E-state index >= 15 is 0 Å². The highest BCUT2D eigenvalue weighted by atomic mass is 19.4. The van der Waals surface area contributed by atoms with Crippen molar-refractivity contribution in [2.45, 2.75) is 26.3 Å². The summed E-state index contributed by atoms with van der Waals surface area (Å²) in [7, 11) is 1.57. The molecule has 12 heteroatoms. The number of aliphatic hydroxyl groups is 2. The van der Waals surface area contributed by atoms with Gasteiger partial charge in [0.05, 0.1) is 41.4 Å². The quantitative estimate of drug-likeness (QED) is 0.450. The first-order chi connectivity index (χ1) is 14.7. The summed E-state index contributed by atoms with van der Waals surface area (Å²) in [4.78, 5) is 19.3. The van der Waals surface area contributed by atoms with Gasteiger partial charge in [0.15, 0.2) is 11.3 Å². The number of hydrogen-bond acceptors (Lipinski definition) is 6. The van der Waals surface area contributed by atoms with Crippen molar-refractivity contribution in [2.24, 2.45) is 7.05 Å². The van der Waals surface area contributed by atoms with Gasteiger partial charge in [0.2, 0.25) is 0 Å². The number of H-pyrrole nitrogens is 1. The van der Waals surface area contributed by atoms with E-state index < -0.39 is 30.5 Å². The van der Waals surface area contributed by atoms with Gasteiger partial charge in [0, 0.05) is 12.6 Å². The Hall–Kier alpha value is -3.51. The van der Waals surface area contributed by atoms with Crippen molar-refractivity contribution in [1.29, 1.82) is 0 Å². The van der Waals surface area contributed by atoms with Crippen LogP contribution in [-0.4, -0.2) is 39.6 Å². The molecular weight excluding hydrogens is 417 g/mol. The van der Waals surface area contributed by atoms with Crippen LogP contribution in [0.5, 0.6) is 0 Å². The molecule has 31 heavy (non-hydrogen) atoms. The molecule has 0 bridgehead atoms. The number of aromatic amines is 1. The molecule has 1 aromatic carbocycles. The molecule has 3 heterocycles. The van der Waals surface area contributed by atoms with Gasteiger partial charge >= 0.3 is 6.18 Å². The average molecular weight is 434 g/mol. The summed E-state index contributed by atoms with van der Waals surface area (Å²) in [5, 5.41) is 28.1. The number of aryl methyl sites for hydroxylation is 2. The minimum Gasteiger partial charge on any atom is -0.390 e. The largest absolute Gasteiger partial charge is 0.416 e. The molecule has 0 aliphatic carbocycles. The van der Waals surface area contributed by atoms with E-state index in [0.29, 0.717) is 11.3 Å². The number of aromatic nitrogens is 6. The number of fused-ring (bicyclic) bond motifs is 1. The molecule has 0 spiro atoms. The average Bonchev–Trinajstić information content (AvgIpc) is 3.24. The Kier molecular flexibility index (Phi) is 4.90. The topological polar surface area (TPSA) is 121 Å². The third-order valence-electron chi connectivity index (χ3n) is 4.81. The summed E-state index contributed by atoms with van der Waals surface area (Å²) in [6, 6.07) is 4.47. The summed E-state index contributed by atoms with van der Waals surface area (Å²) >= 11 is 0. The molecule has 0 amide bonds. The van der Waals surface area contributed by atoms with Crippen LogP contribution in [0.15, 0.2) is 29.1 Å². The summed E-state index contributed by atoms with van der Waals surface area (Å²) in [5.41, 5.74) is 0.00540. The highest BCUT2D eigenvalue weighted by molar-refractivity contribution is 5.81. The monoisotopic (exact) mass is 434 g/mol. The number of nitrogens with one attached hydrogen (secondary N) is 1. The summed E-state index contributed by atoms with van der Waals surface area (Å²) < 4.78 is 41.5. The highest BCUT2D eigenvalue weighted by Gasteiger charge is 2.31. The second-order valence-corrected chi connectivity index (χ2v) is 6.87. The van der Waals surface area contributed by atoms with Gasteiger partial charge in [-0.15, -0.1) is 0 Å². The number of alkyl halides is 3.